The van der Waals surface area contributed by atoms with Crippen LogP contribution in [-0.4, -0.2) is 19.2 Å². The number of rotatable bonds is 3. The quantitative estimate of drug-likeness (QED) is 0.741. The van der Waals surface area contributed by atoms with Crippen molar-refractivity contribution in [3.63, 3.8) is 0 Å². The van der Waals surface area contributed by atoms with Gasteiger partial charge in [-0.2, -0.15) is 0 Å². The van der Waals surface area contributed by atoms with Gasteiger partial charge in [-0.1, -0.05) is 11.6 Å². The Balaban J connectivity index is 1.75. The van der Waals surface area contributed by atoms with E-state index < -0.39 is 0 Å². The van der Waals surface area contributed by atoms with E-state index in [4.69, 9.17) is 30.5 Å². The summed E-state index contributed by atoms with van der Waals surface area (Å²) >= 11 is 6.19. The minimum Gasteiger partial charge on any atom is -0.493 e. The van der Waals surface area contributed by atoms with Crippen LogP contribution in [0.4, 0.5) is 0 Å². The second-order valence-electron chi connectivity index (χ2n) is 6.03. The molecule has 0 amide bonds. The zero-order valence-corrected chi connectivity index (χ0v) is 15.2. The van der Waals surface area contributed by atoms with E-state index in [1.807, 2.05) is 13.8 Å². The lowest BCUT2D eigenvalue weighted by Gasteiger charge is -2.20. The SMILES string of the molecule is CCOc1ccc2c(c1C)O/C(=C\c1cc(Cl)cc3c1OCOC3)C2=O. The number of hydrogen-bond donors (Lipinski definition) is 0. The Labute approximate surface area is 156 Å². The van der Waals surface area contributed by atoms with Crippen LogP contribution < -0.4 is 14.2 Å². The highest BCUT2D eigenvalue weighted by atomic mass is 35.5. The van der Waals surface area contributed by atoms with Crippen molar-refractivity contribution in [1.82, 2.24) is 0 Å². The van der Waals surface area contributed by atoms with Crippen LogP contribution in [0, 0.1) is 6.92 Å². The maximum atomic E-state index is 12.7. The largest absolute Gasteiger partial charge is 0.493 e. The third-order valence-corrected chi connectivity index (χ3v) is 4.54. The summed E-state index contributed by atoms with van der Waals surface area (Å²) in [5.41, 5.74) is 2.86. The third-order valence-electron chi connectivity index (χ3n) is 4.33. The lowest BCUT2D eigenvalue weighted by molar-refractivity contribution is -0.0165. The van der Waals surface area contributed by atoms with Crippen LogP contribution in [-0.2, 0) is 11.3 Å². The molecule has 134 valence electrons. The van der Waals surface area contributed by atoms with Gasteiger partial charge in [-0.3, -0.25) is 4.79 Å². The topological polar surface area (TPSA) is 54.0 Å². The second-order valence-corrected chi connectivity index (χ2v) is 6.47. The number of ether oxygens (including phenoxy) is 4. The van der Waals surface area contributed by atoms with E-state index in [9.17, 15) is 4.79 Å². The predicted octanol–water partition coefficient (Wildman–Crippen LogP) is 4.53. The first-order chi connectivity index (χ1) is 12.6. The van der Waals surface area contributed by atoms with Gasteiger partial charge in [0.25, 0.3) is 0 Å². The standard InChI is InChI=1S/C20H17ClO5/c1-3-24-16-5-4-15-18(22)17(26-19(15)11(16)2)8-12-6-14(21)7-13-9-23-10-25-20(12)13/h4-8H,3,9-10H2,1-2H3/b17-8-. The van der Waals surface area contributed by atoms with E-state index in [2.05, 4.69) is 0 Å². The van der Waals surface area contributed by atoms with Gasteiger partial charge in [0, 0.05) is 21.7 Å². The third kappa shape index (κ3) is 2.83. The number of allylic oxidation sites excluding steroid dienone is 1. The van der Waals surface area contributed by atoms with Crippen LogP contribution in [0.2, 0.25) is 5.02 Å². The molecular weight excluding hydrogens is 356 g/mol. The van der Waals surface area contributed by atoms with Gasteiger partial charge in [0.2, 0.25) is 5.78 Å². The summed E-state index contributed by atoms with van der Waals surface area (Å²) in [7, 11) is 0. The van der Waals surface area contributed by atoms with Gasteiger partial charge in [0.1, 0.15) is 17.2 Å². The fraction of sp³-hybridized carbons (Fsp3) is 0.250. The molecule has 0 bridgehead atoms. The maximum absolute atomic E-state index is 12.7. The maximum Gasteiger partial charge on any atom is 0.231 e. The number of ketones is 1. The number of carbonyl (C=O) groups is 1. The lowest BCUT2D eigenvalue weighted by Crippen LogP contribution is -2.12. The Morgan fingerprint density at radius 2 is 2.12 bits per heavy atom. The van der Waals surface area contributed by atoms with E-state index >= 15 is 0 Å². The minimum atomic E-state index is -0.174. The zero-order valence-electron chi connectivity index (χ0n) is 14.4. The molecule has 26 heavy (non-hydrogen) atoms. The van der Waals surface area contributed by atoms with Gasteiger partial charge in [0.15, 0.2) is 12.6 Å². The van der Waals surface area contributed by atoms with Crippen LogP contribution in [0.3, 0.4) is 0 Å². The number of Topliss-reactive ketones (excluding diaryl/α,β-unsaturated/α-hetero) is 1. The molecule has 0 N–H and O–H groups in total. The number of fused-ring (bicyclic) bond motifs is 2. The van der Waals surface area contributed by atoms with E-state index in [1.54, 1.807) is 30.3 Å². The Morgan fingerprint density at radius 1 is 1.27 bits per heavy atom. The fourth-order valence-corrected chi connectivity index (χ4v) is 3.39. The van der Waals surface area contributed by atoms with Crippen molar-refractivity contribution in [1.29, 1.82) is 0 Å². The number of carbonyl (C=O) groups excluding carboxylic acids is 1. The molecule has 2 heterocycles. The molecule has 0 aliphatic carbocycles. The zero-order chi connectivity index (χ0) is 18.3. The molecule has 2 aromatic carbocycles. The number of hydrogen-bond acceptors (Lipinski definition) is 5. The first-order valence-corrected chi connectivity index (χ1v) is 8.70. The Kier molecular flexibility index (Phi) is 4.34. The molecule has 6 heteroatoms. The van der Waals surface area contributed by atoms with Gasteiger partial charge in [0.05, 0.1) is 18.8 Å². The molecule has 0 fully saturated rings. The summed E-state index contributed by atoms with van der Waals surface area (Å²) in [6.45, 7) is 4.91. The van der Waals surface area contributed by atoms with Crippen LogP contribution in [0.5, 0.6) is 17.2 Å². The Bertz CT molecular complexity index is 932. The molecule has 4 rings (SSSR count). The van der Waals surface area contributed by atoms with Gasteiger partial charge in [-0.15, -0.1) is 0 Å². The van der Waals surface area contributed by atoms with Crippen molar-refractivity contribution in [3.8, 4) is 17.2 Å². The summed E-state index contributed by atoms with van der Waals surface area (Å²) in [5.74, 6) is 1.96. The number of halogens is 1. The minimum absolute atomic E-state index is 0.163. The predicted molar refractivity (Wildman–Crippen MR) is 97.0 cm³/mol. The lowest BCUT2D eigenvalue weighted by atomic mass is 10.0. The van der Waals surface area contributed by atoms with Gasteiger partial charge in [-0.25, -0.2) is 0 Å². The summed E-state index contributed by atoms with van der Waals surface area (Å²) in [4.78, 5) is 12.7. The molecular formula is C20H17ClO5. The van der Waals surface area contributed by atoms with Gasteiger partial charge in [-0.05, 0) is 44.2 Å². The smallest absolute Gasteiger partial charge is 0.231 e. The van der Waals surface area contributed by atoms with Gasteiger partial charge < -0.3 is 18.9 Å². The molecule has 0 saturated carbocycles. The molecule has 2 aromatic rings. The summed E-state index contributed by atoms with van der Waals surface area (Å²) in [5, 5.41) is 0.544. The van der Waals surface area contributed by atoms with Crippen molar-refractivity contribution in [2.45, 2.75) is 20.5 Å². The van der Waals surface area contributed by atoms with Crippen molar-refractivity contribution in [3.05, 3.63) is 57.3 Å². The molecule has 5 nitrogen and oxygen atoms in total. The monoisotopic (exact) mass is 372 g/mol. The van der Waals surface area contributed by atoms with E-state index in [-0.39, 0.29) is 18.3 Å². The molecule has 0 atom stereocenters. The Hall–Kier alpha value is -2.50. The molecule has 2 aliphatic heterocycles. The average Bonchev–Trinajstić information content (AvgIpc) is 2.94. The summed E-state index contributed by atoms with van der Waals surface area (Å²) in [6, 6.07) is 7.07. The van der Waals surface area contributed by atoms with Crippen molar-refractivity contribution in [2.75, 3.05) is 13.4 Å². The second kappa shape index (κ2) is 6.67. The summed E-state index contributed by atoms with van der Waals surface area (Å²) < 4.78 is 22.3. The highest BCUT2D eigenvalue weighted by molar-refractivity contribution is 6.31. The highest BCUT2D eigenvalue weighted by Gasteiger charge is 2.30. The van der Waals surface area contributed by atoms with E-state index in [1.165, 1.54) is 0 Å². The van der Waals surface area contributed by atoms with Crippen LogP contribution >= 0.6 is 11.6 Å². The average molecular weight is 373 g/mol. The molecule has 0 unspecified atom stereocenters. The van der Waals surface area contributed by atoms with Crippen LogP contribution in [0.25, 0.3) is 6.08 Å². The summed E-state index contributed by atoms with van der Waals surface area (Å²) in [6.07, 6.45) is 1.66. The van der Waals surface area contributed by atoms with Gasteiger partial charge >= 0.3 is 0 Å². The first kappa shape index (κ1) is 16.9. The molecule has 0 saturated heterocycles. The van der Waals surface area contributed by atoms with Crippen molar-refractivity contribution >= 4 is 23.5 Å². The normalized spacial score (nSPS) is 16.7. The first-order valence-electron chi connectivity index (χ1n) is 8.32. The van der Waals surface area contributed by atoms with Crippen LogP contribution in [0.15, 0.2) is 30.0 Å². The van der Waals surface area contributed by atoms with E-state index in [0.29, 0.717) is 46.6 Å². The fourth-order valence-electron chi connectivity index (χ4n) is 3.14. The molecule has 0 radical (unpaired) electrons. The van der Waals surface area contributed by atoms with Crippen molar-refractivity contribution in [2.24, 2.45) is 0 Å². The molecule has 0 aromatic heterocycles. The molecule has 2 aliphatic rings. The molecule has 0 spiro atoms. The Morgan fingerprint density at radius 3 is 2.92 bits per heavy atom. The van der Waals surface area contributed by atoms with Crippen LogP contribution in [0.1, 0.15) is 34.0 Å². The van der Waals surface area contributed by atoms with E-state index in [0.717, 1.165) is 11.1 Å². The number of benzene rings is 2. The highest BCUT2D eigenvalue weighted by Crippen LogP contribution is 2.40. The van der Waals surface area contributed by atoms with Crippen molar-refractivity contribution < 1.29 is 23.7 Å².